The van der Waals surface area contributed by atoms with Crippen LogP contribution in [0.25, 0.3) is 0 Å². The Morgan fingerprint density at radius 3 is 3.10 bits per heavy atom. The molecule has 0 amide bonds. The van der Waals surface area contributed by atoms with Crippen molar-refractivity contribution in [3.63, 3.8) is 0 Å². The van der Waals surface area contributed by atoms with E-state index in [0.29, 0.717) is 12.1 Å². The van der Waals surface area contributed by atoms with Gasteiger partial charge < -0.3 is 10.1 Å². The van der Waals surface area contributed by atoms with Crippen molar-refractivity contribution in [2.45, 2.75) is 51.6 Å². The molecular weight excluding hydrogens is 248 g/mol. The smallest absolute Gasteiger partial charge is 0.121 e. The molecule has 0 aliphatic carbocycles. The van der Waals surface area contributed by atoms with E-state index in [0.717, 1.165) is 18.9 Å². The summed E-state index contributed by atoms with van der Waals surface area (Å²) in [6, 6.07) is 7.71. The number of anilines is 1. The molecule has 1 saturated heterocycles. The van der Waals surface area contributed by atoms with Crippen molar-refractivity contribution in [3.8, 4) is 5.75 Å². The Hall–Kier alpha value is -1.22. The van der Waals surface area contributed by atoms with Gasteiger partial charge in [-0.15, -0.1) is 0 Å². The van der Waals surface area contributed by atoms with E-state index in [-0.39, 0.29) is 0 Å². The van der Waals surface area contributed by atoms with Crippen LogP contribution >= 0.6 is 0 Å². The minimum absolute atomic E-state index is 0.582. The fraction of sp³-hybridized carbons (Fsp3) is 0.647. The number of hydrogen-bond acceptors (Lipinski definition) is 3. The molecule has 1 aromatic carbocycles. The molecule has 1 unspecified atom stereocenters. The molecule has 1 atom stereocenters. The third kappa shape index (κ3) is 2.93. The minimum atomic E-state index is 0.582. The van der Waals surface area contributed by atoms with Gasteiger partial charge in [-0.2, -0.15) is 0 Å². The van der Waals surface area contributed by atoms with E-state index in [1.807, 2.05) is 0 Å². The number of ether oxygens (including phenoxy) is 1. The van der Waals surface area contributed by atoms with Gasteiger partial charge in [-0.25, -0.2) is 0 Å². The lowest BCUT2D eigenvalue weighted by molar-refractivity contribution is 0.144. The van der Waals surface area contributed by atoms with Gasteiger partial charge in [0.05, 0.1) is 0 Å². The van der Waals surface area contributed by atoms with Gasteiger partial charge in [0, 0.05) is 30.4 Å². The van der Waals surface area contributed by atoms with E-state index in [2.05, 4.69) is 42.3 Å². The molecular formula is C17H26N2O. The number of likely N-dealkylation sites (tertiary alicyclic amines) is 1. The van der Waals surface area contributed by atoms with E-state index in [1.165, 1.54) is 43.5 Å². The average Bonchev–Trinajstić information content (AvgIpc) is 2.93. The van der Waals surface area contributed by atoms with Crippen molar-refractivity contribution in [1.82, 2.24) is 4.90 Å². The van der Waals surface area contributed by atoms with Crippen LogP contribution in [0.1, 0.15) is 38.7 Å². The van der Waals surface area contributed by atoms with Crippen molar-refractivity contribution in [1.29, 1.82) is 0 Å². The molecule has 0 bridgehead atoms. The van der Waals surface area contributed by atoms with Crippen LogP contribution in [0.5, 0.6) is 5.75 Å². The second kappa shape index (κ2) is 6.04. The number of benzene rings is 1. The first kappa shape index (κ1) is 13.7. The summed E-state index contributed by atoms with van der Waals surface area (Å²) in [5, 5.41) is 3.47. The molecule has 3 rings (SSSR count). The SMILES string of the molecule is CC(C)N1CCCC1COc1ccc2c(c1)NCCC2. The van der Waals surface area contributed by atoms with Crippen molar-refractivity contribution in [3.05, 3.63) is 23.8 Å². The molecule has 110 valence electrons. The number of fused-ring (bicyclic) bond motifs is 1. The van der Waals surface area contributed by atoms with Crippen molar-refractivity contribution in [2.75, 3.05) is 25.0 Å². The zero-order chi connectivity index (χ0) is 13.9. The van der Waals surface area contributed by atoms with Crippen molar-refractivity contribution < 1.29 is 4.74 Å². The largest absolute Gasteiger partial charge is 0.492 e. The normalized spacial score (nSPS) is 22.6. The number of nitrogens with one attached hydrogen (secondary N) is 1. The summed E-state index contributed by atoms with van der Waals surface area (Å²) < 4.78 is 6.05. The molecule has 0 spiro atoms. The molecule has 1 N–H and O–H groups in total. The Morgan fingerprint density at radius 1 is 1.35 bits per heavy atom. The van der Waals surface area contributed by atoms with Gasteiger partial charge in [-0.3, -0.25) is 4.90 Å². The van der Waals surface area contributed by atoms with E-state index in [1.54, 1.807) is 0 Å². The van der Waals surface area contributed by atoms with Crippen LogP contribution < -0.4 is 10.1 Å². The molecule has 0 radical (unpaired) electrons. The summed E-state index contributed by atoms with van der Waals surface area (Å²) in [6.07, 6.45) is 4.99. The van der Waals surface area contributed by atoms with Crippen molar-refractivity contribution >= 4 is 5.69 Å². The van der Waals surface area contributed by atoms with Crippen molar-refractivity contribution in [2.24, 2.45) is 0 Å². The number of aryl methyl sites for hydroxylation is 1. The Kier molecular flexibility index (Phi) is 4.16. The summed E-state index contributed by atoms with van der Waals surface area (Å²) in [5.74, 6) is 1.01. The maximum Gasteiger partial charge on any atom is 0.121 e. The number of nitrogens with zero attached hydrogens (tertiary/aromatic N) is 1. The topological polar surface area (TPSA) is 24.5 Å². The third-order valence-electron chi connectivity index (χ3n) is 4.55. The predicted octanol–water partition coefficient (Wildman–Crippen LogP) is 3.30. The predicted molar refractivity (Wildman–Crippen MR) is 83.6 cm³/mol. The average molecular weight is 274 g/mol. The maximum absolute atomic E-state index is 6.05. The maximum atomic E-state index is 6.05. The lowest BCUT2D eigenvalue weighted by atomic mass is 10.0. The van der Waals surface area contributed by atoms with Crippen LogP contribution in [0.4, 0.5) is 5.69 Å². The zero-order valence-electron chi connectivity index (χ0n) is 12.7. The summed E-state index contributed by atoms with van der Waals surface area (Å²) in [4.78, 5) is 2.57. The Labute approximate surface area is 122 Å². The molecule has 3 heteroatoms. The first-order valence-corrected chi connectivity index (χ1v) is 7.99. The van der Waals surface area contributed by atoms with E-state index >= 15 is 0 Å². The molecule has 0 saturated carbocycles. The second-order valence-corrected chi connectivity index (χ2v) is 6.29. The first-order chi connectivity index (χ1) is 9.74. The summed E-state index contributed by atoms with van der Waals surface area (Å²) >= 11 is 0. The molecule has 0 aromatic heterocycles. The molecule has 1 fully saturated rings. The van der Waals surface area contributed by atoms with E-state index in [4.69, 9.17) is 4.74 Å². The van der Waals surface area contributed by atoms with Gasteiger partial charge in [0.1, 0.15) is 12.4 Å². The van der Waals surface area contributed by atoms with E-state index < -0.39 is 0 Å². The highest BCUT2D eigenvalue weighted by molar-refractivity contribution is 5.56. The number of rotatable bonds is 4. The molecule has 2 aliphatic rings. The highest BCUT2D eigenvalue weighted by atomic mass is 16.5. The van der Waals surface area contributed by atoms with Crippen LogP contribution in [0.3, 0.4) is 0 Å². The molecule has 2 heterocycles. The van der Waals surface area contributed by atoms with Crippen LogP contribution in [0, 0.1) is 0 Å². The summed E-state index contributed by atoms with van der Waals surface area (Å²) in [5.41, 5.74) is 2.69. The summed E-state index contributed by atoms with van der Waals surface area (Å²) in [7, 11) is 0. The van der Waals surface area contributed by atoms with Gasteiger partial charge in [0.15, 0.2) is 0 Å². The van der Waals surface area contributed by atoms with E-state index in [9.17, 15) is 0 Å². The molecule has 20 heavy (non-hydrogen) atoms. The quantitative estimate of drug-likeness (QED) is 0.911. The lowest BCUT2D eigenvalue weighted by Crippen LogP contribution is -2.39. The van der Waals surface area contributed by atoms with Gasteiger partial charge in [-0.05, 0) is 57.7 Å². The van der Waals surface area contributed by atoms with Gasteiger partial charge in [0.2, 0.25) is 0 Å². The molecule has 1 aromatic rings. The monoisotopic (exact) mass is 274 g/mol. The lowest BCUT2D eigenvalue weighted by Gasteiger charge is -2.28. The van der Waals surface area contributed by atoms with Crippen LogP contribution in [-0.4, -0.2) is 36.7 Å². The van der Waals surface area contributed by atoms with Crippen LogP contribution in [0.15, 0.2) is 18.2 Å². The Bertz CT molecular complexity index is 458. The van der Waals surface area contributed by atoms with Gasteiger partial charge in [-0.1, -0.05) is 6.07 Å². The summed E-state index contributed by atoms with van der Waals surface area (Å²) in [6.45, 7) is 7.68. The number of hydrogen-bond donors (Lipinski definition) is 1. The van der Waals surface area contributed by atoms with Crippen LogP contribution in [-0.2, 0) is 6.42 Å². The second-order valence-electron chi connectivity index (χ2n) is 6.29. The van der Waals surface area contributed by atoms with Crippen LogP contribution in [0.2, 0.25) is 0 Å². The first-order valence-electron chi connectivity index (χ1n) is 7.99. The van der Waals surface area contributed by atoms with Gasteiger partial charge in [0.25, 0.3) is 0 Å². The highest BCUT2D eigenvalue weighted by Gasteiger charge is 2.26. The zero-order valence-corrected chi connectivity index (χ0v) is 12.7. The third-order valence-corrected chi connectivity index (χ3v) is 4.55. The standard InChI is InChI=1S/C17H26N2O/c1-13(2)19-10-4-6-15(19)12-20-16-8-7-14-5-3-9-18-17(14)11-16/h7-8,11,13,15,18H,3-6,9-10,12H2,1-2H3. The fourth-order valence-electron chi connectivity index (χ4n) is 3.44. The molecule has 2 aliphatic heterocycles. The molecule has 3 nitrogen and oxygen atoms in total. The Morgan fingerprint density at radius 2 is 2.25 bits per heavy atom. The Balaban J connectivity index is 1.61. The highest BCUT2D eigenvalue weighted by Crippen LogP contribution is 2.27. The van der Waals surface area contributed by atoms with Gasteiger partial charge >= 0.3 is 0 Å². The minimum Gasteiger partial charge on any atom is -0.492 e. The fourth-order valence-corrected chi connectivity index (χ4v) is 3.44.